The Kier molecular flexibility index (Phi) is 3.79. The number of H-pyrrole nitrogens is 1. The van der Waals surface area contributed by atoms with Gasteiger partial charge in [0.05, 0.1) is 0 Å². The van der Waals surface area contributed by atoms with Crippen molar-refractivity contribution in [2.24, 2.45) is 0 Å². The van der Waals surface area contributed by atoms with Gasteiger partial charge < -0.3 is 4.90 Å². The fourth-order valence-electron chi connectivity index (χ4n) is 2.33. The fraction of sp³-hybridized carbons (Fsp3) is 0.667. The van der Waals surface area contributed by atoms with Crippen molar-refractivity contribution < 1.29 is 0 Å². The van der Waals surface area contributed by atoms with E-state index in [2.05, 4.69) is 9.88 Å². The summed E-state index contributed by atoms with van der Waals surface area (Å²) in [7, 11) is 4.03. The third-order valence-corrected chi connectivity index (χ3v) is 3.62. The van der Waals surface area contributed by atoms with E-state index in [1.165, 1.54) is 12.0 Å². The molecule has 0 radical (unpaired) electrons. The quantitative estimate of drug-likeness (QED) is 0.827. The van der Waals surface area contributed by atoms with Crippen molar-refractivity contribution in [2.45, 2.75) is 32.2 Å². The number of nitrogens with one attached hydrogen (secondary N) is 1. The Bertz CT molecular complexity index is 515. The summed E-state index contributed by atoms with van der Waals surface area (Å²) in [4.78, 5) is 16.8. The molecule has 94 valence electrons. The van der Waals surface area contributed by atoms with Crippen molar-refractivity contribution >= 4 is 12.2 Å². The van der Waals surface area contributed by atoms with Crippen LogP contribution in [0.15, 0.2) is 4.79 Å². The second-order valence-corrected chi connectivity index (χ2v) is 5.25. The summed E-state index contributed by atoms with van der Waals surface area (Å²) in [6.45, 7) is 1.61. The van der Waals surface area contributed by atoms with Crippen LogP contribution in [0.1, 0.15) is 24.1 Å². The number of likely N-dealkylation sites (N-methyl/N-ethyl adjacent to an activating group) is 1. The molecule has 2 rings (SSSR count). The van der Waals surface area contributed by atoms with Crippen LogP contribution in [0.25, 0.3) is 0 Å². The Morgan fingerprint density at radius 1 is 1.35 bits per heavy atom. The van der Waals surface area contributed by atoms with Crippen LogP contribution in [-0.2, 0) is 19.4 Å². The summed E-state index contributed by atoms with van der Waals surface area (Å²) >= 11 is 5.24. The molecule has 4 nitrogen and oxygen atoms in total. The van der Waals surface area contributed by atoms with Crippen molar-refractivity contribution in [1.29, 1.82) is 0 Å². The van der Waals surface area contributed by atoms with Crippen LogP contribution in [0.5, 0.6) is 0 Å². The molecule has 0 saturated heterocycles. The first-order chi connectivity index (χ1) is 8.09. The monoisotopic (exact) mass is 253 g/mol. The topological polar surface area (TPSA) is 41.0 Å². The summed E-state index contributed by atoms with van der Waals surface area (Å²) in [5.74, 6) is 0. The minimum atomic E-state index is -0.0579. The molecule has 5 heteroatoms. The number of rotatable bonds is 3. The van der Waals surface area contributed by atoms with Crippen molar-refractivity contribution in [3.05, 3.63) is 26.4 Å². The second kappa shape index (κ2) is 5.14. The molecular weight excluding hydrogens is 234 g/mol. The van der Waals surface area contributed by atoms with Crippen LogP contribution in [0.4, 0.5) is 0 Å². The largest absolute Gasteiger partial charge is 0.326 e. The first kappa shape index (κ1) is 12.5. The molecule has 0 spiro atoms. The SMILES string of the molecule is CN(C)CCn1c2c(c(=S)[nH]c1=O)CCCC2. The minimum absolute atomic E-state index is 0.0579. The van der Waals surface area contributed by atoms with Gasteiger partial charge in [-0.15, -0.1) is 0 Å². The maximum Gasteiger partial charge on any atom is 0.326 e. The minimum Gasteiger partial charge on any atom is -0.308 e. The van der Waals surface area contributed by atoms with Gasteiger partial charge in [-0.2, -0.15) is 0 Å². The van der Waals surface area contributed by atoms with Crippen LogP contribution < -0.4 is 5.69 Å². The van der Waals surface area contributed by atoms with E-state index >= 15 is 0 Å². The van der Waals surface area contributed by atoms with Crippen LogP contribution in [0.3, 0.4) is 0 Å². The molecule has 0 unspecified atom stereocenters. The maximum absolute atomic E-state index is 11.9. The van der Waals surface area contributed by atoms with Crippen molar-refractivity contribution in [1.82, 2.24) is 14.5 Å². The smallest absolute Gasteiger partial charge is 0.308 e. The number of aromatic nitrogens is 2. The number of nitrogens with zero attached hydrogens (tertiary/aromatic N) is 2. The van der Waals surface area contributed by atoms with Gasteiger partial charge in [-0.05, 0) is 39.8 Å². The highest BCUT2D eigenvalue weighted by Gasteiger charge is 2.16. The van der Waals surface area contributed by atoms with Gasteiger partial charge in [0.15, 0.2) is 0 Å². The molecule has 1 heterocycles. The lowest BCUT2D eigenvalue weighted by atomic mass is 9.97. The van der Waals surface area contributed by atoms with E-state index in [1.54, 1.807) is 0 Å². The Morgan fingerprint density at radius 2 is 2.06 bits per heavy atom. The summed E-state index contributed by atoms with van der Waals surface area (Å²) in [6, 6.07) is 0. The van der Waals surface area contributed by atoms with E-state index in [0.717, 1.165) is 38.0 Å². The molecule has 1 aliphatic carbocycles. The molecule has 0 atom stereocenters. The summed E-state index contributed by atoms with van der Waals surface area (Å²) in [5.41, 5.74) is 2.29. The van der Waals surface area contributed by atoms with Gasteiger partial charge in [-0.1, -0.05) is 12.2 Å². The summed E-state index contributed by atoms with van der Waals surface area (Å²) < 4.78 is 2.51. The average molecular weight is 253 g/mol. The molecule has 1 aliphatic rings. The van der Waals surface area contributed by atoms with Crippen molar-refractivity contribution in [3.8, 4) is 0 Å². The lowest BCUT2D eigenvalue weighted by molar-refractivity contribution is 0.372. The zero-order chi connectivity index (χ0) is 12.4. The van der Waals surface area contributed by atoms with Gasteiger partial charge in [0.2, 0.25) is 0 Å². The van der Waals surface area contributed by atoms with Crippen molar-refractivity contribution in [2.75, 3.05) is 20.6 Å². The molecular formula is C12H19N3OS. The standard InChI is InChI=1S/C12H19N3OS/c1-14(2)7-8-15-10-6-4-3-5-9(10)11(17)13-12(15)16/h3-8H2,1-2H3,(H,13,16,17). The molecule has 1 aromatic rings. The van der Waals surface area contributed by atoms with Crippen molar-refractivity contribution in [3.63, 3.8) is 0 Å². The van der Waals surface area contributed by atoms with Gasteiger partial charge >= 0.3 is 5.69 Å². The highest BCUT2D eigenvalue weighted by molar-refractivity contribution is 7.71. The number of hydrogen-bond acceptors (Lipinski definition) is 3. The van der Waals surface area contributed by atoms with E-state index in [-0.39, 0.29) is 5.69 Å². The first-order valence-corrected chi connectivity index (χ1v) is 6.50. The molecule has 17 heavy (non-hydrogen) atoms. The average Bonchev–Trinajstić information content (AvgIpc) is 2.28. The third-order valence-electron chi connectivity index (χ3n) is 3.28. The van der Waals surface area contributed by atoms with E-state index in [4.69, 9.17) is 12.2 Å². The van der Waals surface area contributed by atoms with Gasteiger partial charge in [0, 0.05) is 24.3 Å². The molecule has 1 aromatic heterocycles. The Hall–Kier alpha value is -0.940. The summed E-state index contributed by atoms with van der Waals surface area (Å²) in [5, 5.41) is 0. The highest BCUT2D eigenvalue weighted by Crippen LogP contribution is 2.19. The third kappa shape index (κ3) is 2.66. The normalized spacial score (nSPS) is 15.0. The van der Waals surface area contributed by atoms with Gasteiger partial charge in [-0.25, -0.2) is 4.79 Å². The van der Waals surface area contributed by atoms with Crippen LogP contribution in [-0.4, -0.2) is 35.1 Å². The molecule has 0 saturated carbocycles. The first-order valence-electron chi connectivity index (χ1n) is 6.09. The molecule has 0 aliphatic heterocycles. The van der Waals surface area contributed by atoms with Gasteiger partial charge in [0.1, 0.15) is 4.64 Å². The highest BCUT2D eigenvalue weighted by atomic mass is 32.1. The zero-order valence-corrected chi connectivity index (χ0v) is 11.3. The molecule has 0 fully saturated rings. The van der Waals surface area contributed by atoms with E-state index in [9.17, 15) is 4.79 Å². The van der Waals surface area contributed by atoms with Crippen LogP contribution in [0.2, 0.25) is 0 Å². The zero-order valence-electron chi connectivity index (χ0n) is 10.5. The second-order valence-electron chi connectivity index (χ2n) is 4.85. The number of aromatic amines is 1. The van der Waals surface area contributed by atoms with E-state index in [0.29, 0.717) is 4.64 Å². The molecule has 0 bridgehead atoms. The summed E-state index contributed by atoms with van der Waals surface area (Å²) in [6.07, 6.45) is 4.33. The Labute approximate surface area is 106 Å². The van der Waals surface area contributed by atoms with E-state index < -0.39 is 0 Å². The Morgan fingerprint density at radius 3 is 2.76 bits per heavy atom. The number of hydrogen-bond donors (Lipinski definition) is 1. The lowest BCUT2D eigenvalue weighted by Crippen LogP contribution is -2.33. The fourth-order valence-corrected chi connectivity index (χ4v) is 2.64. The van der Waals surface area contributed by atoms with Crippen LogP contribution in [0, 0.1) is 4.64 Å². The molecule has 0 amide bonds. The van der Waals surface area contributed by atoms with Gasteiger partial charge in [0.25, 0.3) is 0 Å². The molecule has 1 N–H and O–H groups in total. The predicted octanol–water partition coefficient (Wildman–Crippen LogP) is 1.35. The predicted molar refractivity (Wildman–Crippen MR) is 71.1 cm³/mol. The van der Waals surface area contributed by atoms with E-state index in [1.807, 2.05) is 18.7 Å². The van der Waals surface area contributed by atoms with Gasteiger partial charge in [-0.3, -0.25) is 9.55 Å². The lowest BCUT2D eigenvalue weighted by Gasteiger charge is -2.21. The Balaban J connectivity index is 2.43. The number of fused-ring (bicyclic) bond motifs is 1. The maximum atomic E-state index is 11.9. The molecule has 0 aromatic carbocycles. The van der Waals surface area contributed by atoms with Crippen LogP contribution >= 0.6 is 12.2 Å².